The van der Waals surface area contributed by atoms with Gasteiger partial charge in [0.1, 0.15) is 42.3 Å². The number of carbonyl (C=O) groups is 11. The highest BCUT2D eigenvalue weighted by molar-refractivity contribution is 5.99. The van der Waals surface area contributed by atoms with Crippen molar-refractivity contribution < 1.29 is 73.2 Å². The van der Waals surface area contributed by atoms with Gasteiger partial charge in [0, 0.05) is 6.54 Å². The number of hydrogen-bond donors (Lipinski definition) is 13. The minimum absolute atomic E-state index is 0.0286. The average molecular weight is 901 g/mol. The van der Waals surface area contributed by atoms with Crippen LogP contribution in [0.15, 0.2) is 0 Å². The molecule has 1 aliphatic heterocycles. The number of aliphatic carboxylic acids is 3. The van der Waals surface area contributed by atoms with Crippen molar-refractivity contribution in [3.8, 4) is 0 Å². The third-order valence-corrected chi connectivity index (χ3v) is 9.93. The number of carboxylic acid groups (broad SMARTS) is 3. The molecule has 63 heavy (non-hydrogen) atoms. The zero-order chi connectivity index (χ0) is 48.3. The molecule has 25 nitrogen and oxygen atoms in total. The highest BCUT2D eigenvalue weighted by Crippen LogP contribution is 2.20. The van der Waals surface area contributed by atoms with Gasteiger partial charge in [0.2, 0.25) is 47.3 Å². The first-order chi connectivity index (χ1) is 29.3. The molecule has 0 bridgehead atoms. The lowest BCUT2D eigenvalue weighted by atomic mass is 10.0. The fourth-order valence-corrected chi connectivity index (χ4v) is 6.21. The van der Waals surface area contributed by atoms with Crippen molar-refractivity contribution >= 4 is 65.2 Å². The predicted molar refractivity (Wildman–Crippen MR) is 219 cm³/mol. The van der Waals surface area contributed by atoms with Crippen LogP contribution in [0, 0.1) is 11.8 Å². The Kier molecular flexibility index (Phi) is 23.2. The van der Waals surface area contributed by atoms with Gasteiger partial charge in [-0.15, -0.1) is 0 Å². The number of carbonyl (C=O) groups excluding carboxylic acids is 8. The van der Waals surface area contributed by atoms with E-state index in [4.69, 9.17) is 11.5 Å². The second-order valence-electron chi connectivity index (χ2n) is 15.9. The number of nitrogens with one attached hydrogen (secondary N) is 7. The van der Waals surface area contributed by atoms with Gasteiger partial charge in [-0.2, -0.15) is 0 Å². The summed E-state index contributed by atoms with van der Waals surface area (Å²) in [5.74, 6) is -13.1. The second-order valence-corrected chi connectivity index (χ2v) is 15.9. The molecule has 0 unspecified atom stereocenters. The van der Waals surface area contributed by atoms with Crippen molar-refractivity contribution in [1.82, 2.24) is 42.1 Å². The number of carboxylic acids is 3. The SMILES string of the molecule is CC(C)[C@H](N)C(=O)N[C@@H](CCCCN)C(=O)N[C@@H](C)C(=O)NCC(=O)N[C@@H](CC(=O)O)C(=O)N[C@@H](CC(=O)O)C(=O)N[C@H](C(=O)N1CCC[C@H]1C(=O)N[C@H](C(=O)O)C(C)C)[C@@H](C)O. The van der Waals surface area contributed by atoms with Crippen LogP contribution in [0.3, 0.4) is 0 Å². The summed E-state index contributed by atoms with van der Waals surface area (Å²) in [4.78, 5) is 141. The van der Waals surface area contributed by atoms with Crippen molar-refractivity contribution in [2.24, 2.45) is 23.3 Å². The first-order valence-electron chi connectivity index (χ1n) is 20.5. The summed E-state index contributed by atoms with van der Waals surface area (Å²) >= 11 is 0. The Morgan fingerprint density at radius 2 is 1.19 bits per heavy atom. The van der Waals surface area contributed by atoms with Crippen molar-refractivity contribution in [3.63, 3.8) is 0 Å². The minimum atomic E-state index is -2.02. The number of nitrogens with two attached hydrogens (primary N) is 2. The lowest BCUT2D eigenvalue weighted by Gasteiger charge is -2.31. The fraction of sp³-hybridized carbons (Fsp3) is 0.711. The molecular weight excluding hydrogens is 836 g/mol. The van der Waals surface area contributed by atoms with Gasteiger partial charge in [-0.3, -0.25) is 47.9 Å². The molecule has 0 saturated carbocycles. The van der Waals surface area contributed by atoms with E-state index in [1.54, 1.807) is 27.7 Å². The van der Waals surface area contributed by atoms with E-state index >= 15 is 0 Å². The number of aliphatic hydroxyl groups is 1. The molecule has 9 atom stereocenters. The Labute approximate surface area is 363 Å². The highest BCUT2D eigenvalue weighted by atomic mass is 16.4. The Bertz CT molecular complexity index is 1680. The molecule has 0 radical (unpaired) electrons. The summed E-state index contributed by atoms with van der Waals surface area (Å²) in [7, 11) is 0. The fourth-order valence-electron chi connectivity index (χ4n) is 6.21. The molecule has 1 aliphatic rings. The summed E-state index contributed by atoms with van der Waals surface area (Å²) in [5, 5.41) is 54.8. The van der Waals surface area contributed by atoms with Gasteiger partial charge < -0.3 is 74.0 Å². The molecule has 0 aromatic heterocycles. The molecule has 8 amide bonds. The van der Waals surface area contributed by atoms with E-state index in [1.165, 1.54) is 6.92 Å². The zero-order valence-corrected chi connectivity index (χ0v) is 36.3. The van der Waals surface area contributed by atoms with E-state index in [9.17, 15) is 73.2 Å². The lowest BCUT2D eigenvalue weighted by Crippen LogP contribution is -2.61. The third-order valence-electron chi connectivity index (χ3n) is 9.93. The van der Waals surface area contributed by atoms with Gasteiger partial charge in [-0.25, -0.2) is 4.79 Å². The first kappa shape index (κ1) is 55.1. The van der Waals surface area contributed by atoms with E-state index in [1.807, 2.05) is 5.32 Å². The Morgan fingerprint density at radius 3 is 1.70 bits per heavy atom. The van der Waals surface area contributed by atoms with Crippen LogP contribution in [0.4, 0.5) is 0 Å². The van der Waals surface area contributed by atoms with Crippen LogP contribution < -0.4 is 48.7 Å². The molecule has 0 spiro atoms. The quantitative estimate of drug-likeness (QED) is 0.0344. The smallest absolute Gasteiger partial charge is 0.326 e. The van der Waals surface area contributed by atoms with Crippen molar-refractivity contribution in [3.05, 3.63) is 0 Å². The summed E-state index contributed by atoms with van der Waals surface area (Å²) in [6.07, 6.45) is -2.30. The van der Waals surface area contributed by atoms with Crippen molar-refractivity contribution in [2.75, 3.05) is 19.6 Å². The van der Waals surface area contributed by atoms with Crippen LogP contribution in [0.5, 0.6) is 0 Å². The normalized spacial score (nSPS) is 17.4. The van der Waals surface area contributed by atoms with Gasteiger partial charge in [0.15, 0.2) is 0 Å². The number of amides is 8. The van der Waals surface area contributed by atoms with Gasteiger partial charge in [0.25, 0.3) is 0 Å². The maximum atomic E-state index is 13.6. The average Bonchev–Trinajstić information content (AvgIpc) is 3.69. The number of hydrogen-bond acceptors (Lipinski definition) is 14. The van der Waals surface area contributed by atoms with Crippen molar-refractivity contribution in [1.29, 1.82) is 0 Å². The molecule has 356 valence electrons. The number of unbranched alkanes of at least 4 members (excludes halogenated alkanes) is 1. The van der Waals surface area contributed by atoms with Crippen LogP contribution in [0.1, 0.15) is 86.5 Å². The third kappa shape index (κ3) is 18.5. The largest absolute Gasteiger partial charge is 0.481 e. The Balaban J connectivity index is 3.07. The van der Waals surface area contributed by atoms with Gasteiger partial charge in [-0.1, -0.05) is 27.7 Å². The van der Waals surface area contributed by atoms with E-state index in [-0.39, 0.29) is 25.3 Å². The van der Waals surface area contributed by atoms with Crippen LogP contribution in [-0.2, 0) is 52.7 Å². The zero-order valence-electron chi connectivity index (χ0n) is 36.3. The van der Waals surface area contributed by atoms with Gasteiger partial charge in [0.05, 0.1) is 31.5 Å². The monoisotopic (exact) mass is 900 g/mol. The second kappa shape index (κ2) is 26.5. The van der Waals surface area contributed by atoms with Crippen LogP contribution >= 0.6 is 0 Å². The van der Waals surface area contributed by atoms with E-state index < -0.39 is 145 Å². The van der Waals surface area contributed by atoms with E-state index in [0.717, 1.165) is 11.8 Å². The standard InChI is InChI=1S/C38H64N10O15/c1-17(2)28(40)36(60)44-21(10-7-8-12-39)32(56)42-19(5)31(55)41-16-25(50)43-22(14-26(51)52)33(57)45-23(15-27(53)54)34(58)47-30(20(6)49)37(61)48-13-9-11-24(48)35(59)46-29(18(3)4)38(62)63/h17-24,28-30,49H,7-16,39-40H2,1-6H3,(H,41,55)(H,42,56)(H,43,50)(H,44,60)(H,45,57)(H,46,59)(H,47,58)(H,51,52)(H,53,54)(H,62,63)/t19-,20+,21-,22-,23-,24-,28-,29-,30-/m0/s1. The first-order valence-corrected chi connectivity index (χ1v) is 20.5. The maximum Gasteiger partial charge on any atom is 0.326 e. The highest BCUT2D eigenvalue weighted by Gasteiger charge is 2.42. The minimum Gasteiger partial charge on any atom is -0.481 e. The van der Waals surface area contributed by atoms with Gasteiger partial charge >= 0.3 is 17.9 Å². The van der Waals surface area contributed by atoms with Crippen LogP contribution in [0.25, 0.3) is 0 Å². The molecule has 0 aliphatic carbocycles. The van der Waals surface area contributed by atoms with E-state index in [2.05, 4.69) is 31.9 Å². The molecular formula is C38H64N10O15. The number of rotatable bonds is 27. The molecule has 0 aromatic rings. The van der Waals surface area contributed by atoms with E-state index in [0.29, 0.717) is 25.8 Å². The molecule has 1 saturated heterocycles. The summed E-state index contributed by atoms with van der Waals surface area (Å²) in [5.41, 5.74) is 11.4. The number of likely N-dealkylation sites (tertiary alicyclic amines) is 1. The Hall–Kier alpha value is -5.95. The molecule has 15 N–H and O–H groups in total. The van der Waals surface area contributed by atoms with Crippen LogP contribution in [-0.4, -0.2) is 165 Å². The topological polar surface area (TPSA) is 408 Å². The van der Waals surface area contributed by atoms with Crippen LogP contribution in [0.2, 0.25) is 0 Å². The summed E-state index contributed by atoms with van der Waals surface area (Å²) < 4.78 is 0. The van der Waals surface area contributed by atoms with Gasteiger partial charge in [-0.05, 0) is 64.3 Å². The number of nitrogens with zero attached hydrogens (tertiary/aromatic N) is 1. The lowest BCUT2D eigenvalue weighted by molar-refractivity contribution is -0.147. The van der Waals surface area contributed by atoms with Crippen molar-refractivity contribution in [2.45, 2.75) is 141 Å². The summed E-state index contributed by atoms with van der Waals surface area (Å²) in [6, 6.07) is -11.5. The number of aliphatic hydroxyl groups excluding tert-OH is 1. The molecule has 25 heteroatoms. The Morgan fingerprint density at radius 1 is 0.651 bits per heavy atom. The maximum absolute atomic E-state index is 13.6. The molecule has 1 heterocycles. The predicted octanol–water partition coefficient (Wildman–Crippen LogP) is -4.79. The molecule has 1 rings (SSSR count). The molecule has 0 aromatic carbocycles. The summed E-state index contributed by atoms with van der Waals surface area (Å²) in [6.45, 7) is 8.39. The molecule has 1 fully saturated rings.